The number of unbranched alkanes of at least 4 members (excludes halogenated alkanes) is 3. The second kappa shape index (κ2) is 6.44. The lowest BCUT2D eigenvalue weighted by atomic mass is 9.96. The Hall–Kier alpha value is -0.730. The third kappa shape index (κ3) is 3.39. The van der Waals surface area contributed by atoms with Gasteiger partial charge in [0.25, 0.3) is 0 Å². The maximum absolute atomic E-state index is 10.1. The molecule has 0 aliphatic carbocycles. The fraction of sp³-hybridized carbons (Fsp3) is 0.600. The summed E-state index contributed by atoms with van der Waals surface area (Å²) in [5.74, 6) is 0.790. The topological polar surface area (TPSA) is 29.5 Å². The molecule has 0 fully saturated rings. The molecule has 0 amide bonds. The van der Waals surface area contributed by atoms with Gasteiger partial charge in [-0.25, -0.2) is 0 Å². The van der Waals surface area contributed by atoms with E-state index in [1.54, 1.807) is 6.07 Å². The summed E-state index contributed by atoms with van der Waals surface area (Å²) in [6.45, 7) is 2.21. The first-order valence-corrected chi connectivity index (χ1v) is 7.22. The van der Waals surface area contributed by atoms with Crippen LogP contribution in [0.3, 0.4) is 0 Å². The highest BCUT2D eigenvalue weighted by Crippen LogP contribution is 2.37. The van der Waals surface area contributed by atoms with Gasteiger partial charge < -0.3 is 9.84 Å². The minimum atomic E-state index is -0.441. The van der Waals surface area contributed by atoms with Gasteiger partial charge >= 0.3 is 0 Å². The Morgan fingerprint density at radius 1 is 1.33 bits per heavy atom. The van der Waals surface area contributed by atoms with E-state index in [9.17, 15) is 5.11 Å². The van der Waals surface area contributed by atoms with Crippen LogP contribution < -0.4 is 4.74 Å². The molecule has 2 atom stereocenters. The second-order valence-electron chi connectivity index (χ2n) is 5.02. The van der Waals surface area contributed by atoms with Crippen LogP contribution in [-0.4, -0.2) is 11.2 Å². The largest absolute Gasteiger partial charge is 0.490 e. The summed E-state index contributed by atoms with van der Waals surface area (Å²) in [7, 11) is 0. The summed E-state index contributed by atoms with van der Waals surface area (Å²) >= 11 is 5.93. The Labute approximate surface area is 114 Å². The maximum atomic E-state index is 10.1. The molecule has 1 aliphatic heterocycles. The fourth-order valence-corrected chi connectivity index (χ4v) is 2.65. The Balaban J connectivity index is 1.93. The van der Waals surface area contributed by atoms with Crippen LogP contribution >= 0.6 is 11.6 Å². The van der Waals surface area contributed by atoms with Crippen molar-refractivity contribution in [3.05, 3.63) is 28.8 Å². The van der Waals surface area contributed by atoms with E-state index < -0.39 is 6.10 Å². The summed E-state index contributed by atoms with van der Waals surface area (Å²) in [4.78, 5) is 0. The lowest BCUT2D eigenvalue weighted by Crippen LogP contribution is -2.25. The van der Waals surface area contributed by atoms with Gasteiger partial charge in [-0.2, -0.15) is 0 Å². The molecule has 1 unspecified atom stereocenters. The SMILES string of the molecule is CCCCCCC1C[C@@H](O)c2cc(Cl)ccc2O1. The average molecular weight is 269 g/mol. The zero-order valence-electron chi connectivity index (χ0n) is 10.9. The van der Waals surface area contributed by atoms with Crippen LogP contribution in [0.1, 0.15) is 57.1 Å². The first kappa shape index (κ1) is 13.7. The van der Waals surface area contributed by atoms with Crippen molar-refractivity contribution < 1.29 is 9.84 Å². The zero-order chi connectivity index (χ0) is 13.0. The van der Waals surface area contributed by atoms with Crippen molar-refractivity contribution >= 4 is 11.6 Å². The van der Waals surface area contributed by atoms with Crippen molar-refractivity contribution in [2.75, 3.05) is 0 Å². The molecule has 2 rings (SSSR count). The highest BCUT2D eigenvalue weighted by atomic mass is 35.5. The van der Waals surface area contributed by atoms with Crippen LogP contribution in [0.25, 0.3) is 0 Å². The van der Waals surface area contributed by atoms with E-state index >= 15 is 0 Å². The molecule has 1 heterocycles. The summed E-state index contributed by atoms with van der Waals surface area (Å²) in [6.07, 6.45) is 6.36. The van der Waals surface area contributed by atoms with E-state index in [-0.39, 0.29) is 6.10 Å². The number of aliphatic hydroxyl groups is 1. The van der Waals surface area contributed by atoms with E-state index in [0.29, 0.717) is 11.4 Å². The smallest absolute Gasteiger partial charge is 0.125 e. The van der Waals surface area contributed by atoms with E-state index in [2.05, 4.69) is 6.92 Å². The fourth-order valence-electron chi connectivity index (χ4n) is 2.47. The lowest BCUT2D eigenvalue weighted by molar-refractivity contribution is 0.0605. The highest BCUT2D eigenvalue weighted by Gasteiger charge is 2.26. The van der Waals surface area contributed by atoms with Gasteiger partial charge in [0.05, 0.1) is 6.10 Å². The Morgan fingerprint density at radius 2 is 2.17 bits per heavy atom. The number of hydrogen-bond donors (Lipinski definition) is 1. The van der Waals surface area contributed by atoms with Gasteiger partial charge in [0.2, 0.25) is 0 Å². The van der Waals surface area contributed by atoms with Crippen molar-refractivity contribution in [3.8, 4) is 5.75 Å². The number of benzene rings is 1. The van der Waals surface area contributed by atoms with Crippen molar-refractivity contribution in [2.45, 2.75) is 57.7 Å². The van der Waals surface area contributed by atoms with Gasteiger partial charge in [-0.15, -0.1) is 0 Å². The monoisotopic (exact) mass is 268 g/mol. The standard InChI is InChI=1S/C15H21ClO2/c1-2-3-4-5-6-12-10-14(17)13-9-11(16)7-8-15(13)18-12/h7-9,12,14,17H,2-6,10H2,1H3/t12?,14-/m1/s1. The van der Waals surface area contributed by atoms with Gasteiger partial charge in [0.1, 0.15) is 11.9 Å². The van der Waals surface area contributed by atoms with Gasteiger partial charge in [-0.1, -0.05) is 37.8 Å². The first-order chi connectivity index (χ1) is 8.70. The summed E-state index contributed by atoms with van der Waals surface area (Å²) < 4.78 is 5.92. The Bertz CT molecular complexity index is 392. The van der Waals surface area contributed by atoms with Gasteiger partial charge in [0, 0.05) is 17.0 Å². The van der Waals surface area contributed by atoms with Crippen molar-refractivity contribution in [1.82, 2.24) is 0 Å². The van der Waals surface area contributed by atoms with Gasteiger partial charge in [-0.05, 0) is 31.0 Å². The van der Waals surface area contributed by atoms with Crippen LogP contribution in [0.2, 0.25) is 5.02 Å². The average Bonchev–Trinajstić information content (AvgIpc) is 2.36. The minimum Gasteiger partial charge on any atom is -0.490 e. The van der Waals surface area contributed by atoms with Crippen LogP contribution in [0.15, 0.2) is 18.2 Å². The number of ether oxygens (including phenoxy) is 1. The van der Waals surface area contributed by atoms with Crippen molar-refractivity contribution in [2.24, 2.45) is 0 Å². The predicted octanol–water partition coefficient (Wildman–Crippen LogP) is 4.49. The first-order valence-electron chi connectivity index (χ1n) is 6.85. The van der Waals surface area contributed by atoms with E-state index in [4.69, 9.17) is 16.3 Å². The molecule has 0 saturated heterocycles. The van der Waals surface area contributed by atoms with Crippen LogP contribution in [-0.2, 0) is 0 Å². The minimum absolute atomic E-state index is 0.144. The molecule has 18 heavy (non-hydrogen) atoms. The number of rotatable bonds is 5. The second-order valence-corrected chi connectivity index (χ2v) is 5.46. The van der Waals surface area contributed by atoms with Crippen molar-refractivity contribution in [3.63, 3.8) is 0 Å². The molecule has 0 aromatic heterocycles. The molecule has 1 N–H and O–H groups in total. The number of aliphatic hydroxyl groups excluding tert-OH is 1. The summed E-state index contributed by atoms with van der Waals surface area (Å²) in [5, 5.41) is 10.8. The quantitative estimate of drug-likeness (QED) is 0.797. The molecule has 1 aliphatic rings. The van der Waals surface area contributed by atoms with Gasteiger partial charge in [0.15, 0.2) is 0 Å². The highest BCUT2D eigenvalue weighted by molar-refractivity contribution is 6.30. The van der Waals surface area contributed by atoms with Crippen molar-refractivity contribution in [1.29, 1.82) is 0 Å². The predicted molar refractivity (Wildman–Crippen MR) is 74.2 cm³/mol. The molecular weight excluding hydrogens is 248 g/mol. The van der Waals surface area contributed by atoms with Gasteiger partial charge in [-0.3, -0.25) is 0 Å². The van der Waals surface area contributed by atoms with E-state index in [1.165, 1.54) is 25.7 Å². The Kier molecular flexibility index (Phi) is 4.90. The lowest BCUT2D eigenvalue weighted by Gasteiger charge is -2.29. The molecule has 100 valence electrons. The normalized spacial score (nSPS) is 22.4. The molecule has 0 bridgehead atoms. The molecule has 3 heteroatoms. The molecule has 1 aromatic rings. The van der Waals surface area contributed by atoms with E-state index in [1.807, 2.05) is 12.1 Å². The van der Waals surface area contributed by atoms with Crippen LogP contribution in [0.4, 0.5) is 0 Å². The number of hydrogen-bond acceptors (Lipinski definition) is 2. The third-order valence-corrected chi connectivity index (χ3v) is 3.73. The van der Waals surface area contributed by atoms with Crippen LogP contribution in [0.5, 0.6) is 5.75 Å². The number of halogens is 1. The molecule has 2 nitrogen and oxygen atoms in total. The molecular formula is C15H21ClO2. The maximum Gasteiger partial charge on any atom is 0.125 e. The van der Waals surface area contributed by atoms with Crippen LogP contribution in [0, 0.1) is 0 Å². The molecule has 0 radical (unpaired) electrons. The molecule has 1 aromatic carbocycles. The third-order valence-electron chi connectivity index (χ3n) is 3.49. The summed E-state index contributed by atoms with van der Waals surface area (Å²) in [5.41, 5.74) is 0.826. The Morgan fingerprint density at radius 3 is 2.94 bits per heavy atom. The molecule has 0 saturated carbocycles. The zero-order valence-corrected chi connectivity index (χ0v) is 11.6. The molecule has 0 spiro atoms. The van der Waals surface area contributed by atoms with E-state index in [0.717, 1.165) is 17.7 Å². The summed E-state index contributed by atoms with van der Waals surface area (Å²) in [6, 6.07) is 5.47. The number of fused-ring (bicyclic) bond motifs is 1.